The van der Waals surface area contributed by atoms with Crippen LogP contribution in [-0.4, -0.2) is 30.4 Å². The summed E-state index contributed by atoms with van der Waals surface area (Å²) in [5.41, 5.74) is 1.44. The van der Waals surface area contributed by atoms with Crippen LogP contribution in [0.25, 0.3) is 0 Å². The molecule has 20 heavy (non-hydrogen) atoms. The third kappa shape index (κ3) is 5.93. The van der Waals surface area contributed by atoms with Crippen molar-refractivity contribution in [1.82, 2.24) is 0 Å². The van der Waals surface area contributed by atoms with Crippen molar-refractivity contribution in [3.63, 3.8) is 0 Å². The predicted molar refractivity (Wildman–Crippen MR) is 83.2 cm³/mol. The Morgan fingerprint density at radius 3 is 2.30 bits per heavy atom. The Bertz CT molecular complexity index is 381. The Morgan fingerprint density at radius 1 is 1.20 bits per heavy atom. The number of nitrogens with two attached hydrogens (primary N) is 1. The number of aliphatic hydroxyl groups excluding tert-OH is 1. The first-order valence-electron chi connectivity index (χ1n) is 7.57. The summed E-state index contributed by atoms with van der Waals surface area (Å²) in [5.74, 6) is 0.820. The van der Waals surface area contributed by atoms with Crippen LogP contribution in [-0.2, 0) is 5.41 Å². The van der Waals surface area contributed by atoms with E-state index in [0.29, 0.717) is 19.2 Å². The van der Waals surface area contributed by atoms with Crippen LogP contribution >= 0.6 is 0 Å². The van der Waals surface area contributed by atoms with Crippen LogP contribution in [0.15, 0.2) is 24.3 Å². The van der Waals surface area contributed by atoms with Gasteiger partial charge in [0, 0.05) is 0 Å². The molecule has 1 aromatic rings. The van der Waals surface area contributed by atoms with Gasteiger partial charge in [-0.3, -0.25) is 0 Å². The van der Waals surface area contributed by atoms with Gasteiger partial charge in [-0.1, -0.05) is 39.8 Å². The van der Waals surface area contributed by atoms with Crippen molar-refractivity contribution < 1.29 is 15.2 Å². The third-order valence-corrected chi connectivity index (χ3v) is 3.62. The van der Waals surface area contributed by atoms with Gasteiger partial charge in [0.05, 0.1) is 6.04 Å². The zero-order valence-electron chi connectivity index (χ0n) is 13.5. The second-order valence-electron chi connectivity index (χ2n) is 6.60. The number of aliphatic hydroxyl groups is 1. The molecule has 0 amide bonds. The maximum Gasteiger partial charge on any atom is 0.137 e. The second-order valence-corrected chi connectivity index (χ2v) is 6.60. The van der Waals surface area contributed by atoms with E-state index in [9.17, 15) is 5.11 Å². The fraction of sp³-hybridized carbons (Fsp3) is 0.647. The molecule has 3 nitrogen and oxygen atoms in total. The Kier molecular flexibility index (Phi) is 6.50. The van der Waals surface area contributed by atoms with Gasteiger partial charge in [0.2, 0.25) is 0 Å². The minimum atomic E-state index is -0.425. The average Bonchev–Trinajstić information content (AvgIpc) is 2.41. The summed E-state index contributed by atoms with van der Waals surface area (Å²) in [5, 5.41) is 12.0. The van der Waals surface area contributed by atoms with Crippen molar-refractivity contribution in [3.05, 3.63) is 29.8 Å². The van der Waals surface area contributed by atoms with Gasteiger partial charge >= 0.3 is 0 Å². The van der Waals surface area contributed by atoms with Crippen molar-refractivity contribution in [2.45, 2.75) is 58.6 Å². The largest absolute Gasteiger partial charge is 0.491 e. The SMILES string of the molecule is CC[C@H](C)[NH2+]C[C@H](O)COc1ccc(C(C)(C)C)cc1. The van der Waals surface area contributed by atoms with E-state index in [2.05, 4.69) is 52.1 Å². The highest BCUT2D eigenvalue weighted by Crippen LogP contribution is 2.24. The molecular weight excluding hydrogens is 250 g/mol. The van der Waals surface area contributed by atoms with Gasteiger partial charge < -0.3 is 15.2 Å². The van der Waals surface area contributed by atoms with Gasteiger partial charge in [-0.15, -0.1) is 0 Å². The predicted octanol–water partition coefficient (Wildman–Crippen LogP) is 2.09. The molecule has 0 heterocycles. The van der Waals surface area contributed by atoms with Crippen molar-refractivity contribution in [1.29, 1.82) is 0 Å². The van der Waals surface area contributed by atoms with E-state index in [1.807, 2.05) is 12.1 Å². The molecular formula is C17H30NO2+. The first-order valence-corrected chi connectivity index (χ1v) is 7.57. The maximum absolute atomic E-state index is 9.88. The monoisotopic (exact) mass is 280 g/mol. The highest BCUT2D eigenvalue weighted by Gasteiger charge is 2.14. The number of rotatable bonds is 7. The minimum Gasteiger partial charge on any atom is -0.491 e. The third-order valence-electron chi connectivity index (χ3n) is 3.62. The van der Waals surface area contributed by atoms with Crippen LogP contribution in [0, 0.1) is 0 Å². The molecule has 114 valence electrons. The normalized spacial score (nSPS) is 14.9. The summed E-state index contributed by atoms with van der Waals surface area (Å²) in [4.78, 5) is 0. The summed E-state index contributed by atoms with van der Waals surface area (Å²) in [7, 11) is 0. The molecule has 0 aliphatic heterocycles. The highest BCUT2D eigenvalue weighted by atomic mass is 16.5. The molecule has 0 aliphatic rings. The van der Waals surface area contributed by atoms with E-state index in [1.54, 1.807) is 0 Å². The Labute approximate surface area is 123 Å². The molecule has 0 fully saturated rings. The standard InChI is InChI=1S/C17H29NO2/c1-6-13(2)18-11-15(19)12-20-16-9-7-14(8-10-16)17(3,4)5/h7-10,13,15,18-19H,6,11-12H2,1-5H3/p+1/t13-,15-/m0/s1. The van der Waals surface area contributed by atoms with Gasteiger partial charge in [0.25, 0.3) is 0 Å². The quantitative estimate of drug-likeness (QED) is 0.803. The molecule has 0 aromatic heterocycles. The fourth-order valence-corrected chi connectivity index (χ4v) is 1.87. The molecule has 0 bridgehead atoms. The van der Waals surface area contributed by atoms with Crippen molar-refractivity contribution in [2.75, 3.05) is 13.2 Å². The zero-order valence-corrected chi connectivity index (χ0v) is 13.5. The fourth-order valence-electron chi connectivity index (χ4n) is 1.87. The first kappa shape index (κ1) is 17.0. The van der Waals surface area contributed by atoms with Crippen LogP contribution < -0.4 is 10.1 Å². The van der Waals surface area contributed by atoms with Gasteiger partial charge in [0.1, 0.15) is 25.0 Å². The molecule has 0 unspecified atom stereocenters. The molecule has 0 saturated heterocycles. The van der Waals surface area contributed by atoms with Crippen molar-refractivity contribution >= 4 is 0 Å². The van der Waals surface area contributed by atoms with Crippen LogP contribution in [0.4, 0.5) is 0 Å². The van der Waals surface area contributed by atoms with Crippen molar-refractivity contribution in [3.8, 4) is 5.75 Å². The summed E-state index contributed by atoms with van der Waals surface area (Å²) >= 11 is 0. The lowest BCUT2D eigenvalue weighted by atomic mass is 9.87. The van der Waals surface area contributed by atoms with Crippen molar-refractivity contribution in [2.24, 2.45) is 0 Å². The number of hydrogen-bond donors (Lipinski definition) is 2. The number of benzene rings is 1. The van der Waals surface area contributed by atoms with Crippen LogP contribution in [0.5, 0.6) is 5.75 Å². The molecule has 3 N–H and O–H groups in total. The lowest BCUT2D eigenvalue weighted by Gasteiger charge is -2.19. The molecule has 2 atom stereocenters. The van der Waals surface area contributed by atoms with Gasteiger partial charge in [-0.05, 0) is 36.5 Å². The lowest BCUT2D eigenvalue weighted by Crippen LogP contribution is -2.91. The number of hydrogen-bond acceptors (Lipinski definition) is 2. The van der Waals surface area contributed by atoms with E-state index in [-0.39, 0.29) is 5.41 Å². The van der Waals surface area contributed by atoms with E-state index in [4.69, 9.17) is 4.74 Å². The van der Waals surface area contributed by atoms with Crippen LogP contribution in [0.2, 0.25) is 0 Å². The number of ether oxygens (including phenoxy) is 1. The zero-order chi connectivity index (χ0) is 15.2. The topological polar surface area (TPSA) is 46.1 Å². The van der Waals surface area contributed by atoms with Crippen LogP contribution in [0.3, 0.4) is 0 Å². The molecule has 1 aromatic carbocycles. The maximum atomic E-state index is 9.88. The summed E-state index contributed by atoms with van der Waals surface area (Å²) < 4.78 is 5.63. The molecule has 3 heteroatoms. The van der Waals surface area contributed by atoms with Gasteiger partial charge in [0.15, 0.2) is 0 Å². The minimum absolute atomic E-state index is 0.156. The first-order chi connectivity index (χ1) is 9.32. The number of quaternary nitrogens is 1. The second kappa shape index (κ2) is 7.65. The van der Waals surface area contributed by atoms with E-state index >= 15 is 0 Å². The van der Waals surface area contributed by atoms with E-state index in [0.717, 1.165) is 12.2 Å². The molecule has 0 spiro atoms. The summed E-state index contributed by atoms with van der Waals surface area (Å²) in [6.07, 6.45) is 0.688. The smallest absolute Gasteiger partial charge is 0.137 e. The average molecular weight is 280 g/mol. The lowest BCUT2D eigenvalue weighted by molar-refractivity contribution is -0.691. The Morgan fingerprint density at radius 2 is 1.80 bits per heavy atom. The van der Waals surface area contributed by atoms with Gasteiger partial charge in [-0.25, -0.2) is 0 Å². The Hall–Kier alpha value is -1.06. The molecule has 1 rings (SSSR count). The summed E-state index contributed by atoms with van der Waals surface area (Å²) in [6, 6.07) is 8.69. The van der Waals surface area contributed by atoms with Gasteiger partial charge in [-0.2, -0.15) is 0 Å². The van der Waals surface area contributed by atoms with E-state index in [1.165, 1.54) is 5.56 Å². The highest BCUT2D eigenvalue weighted by molar-refractivity contribution is 5.31. The van der Waals surface area contributed by atoms with Crippen LogP contribution in [0.1, 0.15) is 46.6 Å². The molecule has 0 radical (unpaired) electrons. The van der Waals surface area contributed by atoms with E-state index < -0.39 is 6.10 Å². The Balaban J connectivity index is 2.38. The molecule has 0 aliphatic carbocycles. The summed E-state index contributed by atoms with van der Waals surface area (Å²) in [6.45, 7) is 11.9. The molecule has 0 saturated carbocycles.